The average Bonchev–Trinajstić information content (AvgIpc) is 2.72. The van der Waals surface area contributed by atoms with Crippen LogP contribution in [0.4, 0.5) is 0 Å². The molecule has 0 aliphatic heterocycles. The van der Waals surface area contributed by atoms with Crippen LogP contribution in [0.15, 0.2) is 67.3 Å². The zero-order valence-electron chi connectivity index (χ0n) is 15.5. The van der Waals surface area contributed by atoms with Crippen LogP contribution in [0.1, 0.15) is 26.3 Å². The Bertz CT molecular complexity index is 913. The van der Waals surface area contributed by atoms with Gasteiger partial charge in [-0.25, -0.2) is 9.59 Å². The molecule has 0 amide bonds. The highest BCUT2D eigenvalue weighted by Crippen LogP contribution is 2.15. The normalized spacial score (nSPS) is 11.7. The minimum Gasteiger partial charge on any atom is -0.490 e. The van der Waals surface area contributed by atoms with Gasteiger partial charge in [0, 0.05) is 5.56 Å². The van der Waals surface area contributed by atoms with E-state index in [4.69, 9.17) is 19.7 Å². The lowest BCUT2D eigenvalue weighted by Crippen LogP contribution is -2.30. The zero-order valence-corrected chi connectivity index (χ0v) is 15.5. The summed E-state index contributed by atoms with van der Waals surface area (Å²) in [4.78, 5) is 34.3. The van der Waals surface area contributed by atoms with Gasteiger partial charge < -0.3 is 19.7 Å². The van der Waals surface area contributed by atoms with Crippen molar-refractivity contribution in [3.8, 4) is 5.75 Å². The quantitative estimate of drug-likeness (QED) is 0.341. The van der Waals surface area contributed by atoms with Crippen molar-refractivity contribution < 1.29 is 34.1 Å². The Morgan fingerprint density at radius 1 is 1.03 bits per heavy atom. The molecule has 1 atom stereocenters. The molecule has 0 radical (unpaired) electrons. The number of rotatable bonds is 11. The SMILES string of the molecule is C=CCOC(COc1ccc(C(=O)C=Cc2cccc(C(=O)O)c2)cc1)C(=O)O. The van der Waals surface area contributed by atoms with E-state index in [0.29, 0.717) is 16.9 Å². The van der Waals surface area contributed by atoms with Gasteiger partial charge >= 0.3 is 11.9 Å². The first-order chi connectivity index (χ1) is 13.9. The summed E-state index contributed by atoms with van der Waals surface area (Å²) >= 11 is 0. The molecule has 0 spiro atoms. The van der Waals surface area contributed by atoms with Crippen molar-refractivity contribution in [1.82, 2.24) is 0 Å². The van der Waals surface area contributed by atoms with E-state index in [1.54, 1.807) is 36.4 Å². The van der Waals surface area contributed by atoms with Gasteiger partial charge in [0.05, 0.1) is 12.2 Å². The van der Waals surface area contributed by atoms with E-state index in [1.165, 1.54) is 30.4 Å². The van der Waals surface area contributed by atoms with Crippen LogP contribution in [-0.2, 0) is 9.53 Å². The van der Waals surface area contributed by atoms with Crippen molar-refractivity contribution >= 4 is 23.8 Å². The Hall–Kier alpha value is -3.71. The molecule has 0 bridgehead atoms. The Balaban J connectivity index is 1.97. The van der Waals surface area contributed by atoms with Crippen molar-refractivity contribution in [3.05, 3.63) is 84.0 Å². The fourth-order valence-electron chi connectivity index (χ4n) is 2.31. The molecule has 0 saturated heterocycles. The van der Waals surface area contributed by atoms with Gasteiger partial charge in [0.1, 0.15) is 12.4 Å². The maximum Gasteiger partial charge on any atom is 0.336 e. The summed E-state index contributed by atoms with van der Waals surface area (Å²) in [5.41, 5.74) is 1.14. The van der Waals surface area contributed by atoms with Crippen LogP contribution in [0, 0.1) is 0 Å². The summed E-state index contributed by atoms with van der Waals surface area (Å²) in [7, 11) is 0. The third-order valence-electron chi connectivity index (χ3n) is 3.79. The van der Waals surface area contributed by atoms with Gasteiger partial charge in [-0.15, -0.1) is 6.58 Å². The van der Waals surface area contributed by atoms with Gasteiger partial charge in [-0.2, -0.15) is 0 Å². The predicted molar refractivity (Wildman–Crippen MR) is 106 cm³/mol. The van der Waals surface area contributed by atoms with Crippen molar-refractivity contribution in [2.45, 2.75) is 6.10 Å². The minimum absolute atomic E-state index is 0.0927. The number of ketones is 1. The molecule has 2 aromatic rings. The number of ether oxygens (including phenoxy) is 2. The van der Waals surface area contributed by atoms with Crippen molar-refractivity contribution in [2.24, 2.45) is 0 Å². The standard InChI is InChI=1S/C22H20O7/c1-2-12-28-20(22(26)27)14-29-18-9-7-16(8-10-18)19(23)11-6-15-4-3-5-17(13-15)21(24)25/h2-11,13,20H,1,12,14H2,(H,24,25)(H,26,27). The van der Waals surface area contributed by atoms with E-state index in [0.717, 1.165) is 0 Å². The van der Waals surface area contributed by atoms with Crippen LogP contribution in [-0.4, -0.2) is 47.3 Å². The lowest BCUT2D eigenvalue weighted by molar-refractivity contribution is -0.151. The third-order valence-corrected chi connectivity index (χ3v) is 3.79. The number of carboxylic acids is 2. The zero-order chi connectivity index (χ0) is 21.2. The number of aliphatic carboxylic acids is 1. The van der Waals surface area contributed by atoms with E-state index < -0.39 is 18.0 Å². The smallest absolute Gasteiger partial charge is 0.336 e. The molecule has 7 nitrogen and oxygen atoms in total. The van der Waals surface area contributed by atoms with E-state index in [1.807, 2.05) is 0 Å². The molecule has 7 heteroatoms. The maximum absolute atomic E-state index is 12.3. The lowest BCUT2D eigenvalue weighted by Gasteiger charge is -2.13. The first-order valence-corrected chi connectivity index (χ1v) is 8.64. The summed E-state index contributed by atoms with van der Waals surface area (Å²) in [6.07, 6.45) is 3.20. The molecule has 2 N–H and O–H groups in total. The lowest BCUT2D eigenvalue weighted by atomic mass is 10.1. The van der Waals surface area contributed by atoms with Gasteiger partial charge in [0.2, 0.25) is 0 Å². The molecule has 150 valence electrons. The number of benzene rings is 2. The van der Waals surface area contributed by atoms with Crippen LogP contribution in [0.5, 0.6) is 5.75 Å². The molecule has 0 fully saturated rings. The molecule has 2 aromatic carbocycles. The molecule has 0 aliphatic carbocycles. The maximum atomic E-state index is 12.3. The number of carbonyl (C=O) groups excluding carboxylic acids is 1. The first-order valence-electron chi connectivity index (χ1n) is 8.64. The summed E-state index contributed by atoms with van der Waals surface area (Å²) in [5, 5.41) is 18.1. The fraction of sp³-hybridized carbons (Fsp3) is 0.136. The van der Waals surface area contributed by atoms with Gasteiger partial charge in [0.15, 0.2) is 11.9 Å². The second kappa shape index (κ2) is 10.6. The number of hydrogen-bond acceptors (Lipinski definition) is 5. The van der Waals surface area contributed by atoms with E-state index >= 15 is 0 Å². The fourth-order valence-corrected chi connectivity index (χ4v) is 2.31. The highest BCUT2D eigenvalue weighted by atomic mass is 16.5. The molecule has 0 aliphatic rings. The van der Waals surface area contributed by atoms with Crippen LogP contribution >= 0.6 is 0 Å². The Labute approximate surface area is 167 Å². The predicted octanol–water partition coefficient (Wildman–Crippen LogP) is 3.32. The third kappa shape index (κ3) is 6.75. The Morgan fingerprint density at radius 3 is 2.38 bits per heavy atom. The minimum atomic E-state index is -1.14. The molecule has 0 aromatic heterocycles. The number of carbonyl (C=O) groups is 3. The van der Waals surface area contributed by atoms with Crippen LogP contribution in [0.3, 0.4) is 0 Å². The second-order valence-corrected chi connectivity index (χ2v) is 5.91. The molecular weight excluding hydrogens is 376 g/mol. The van der Waals surface area contributed by atoms with Crippen LogP contribution < -0.4 is 4.74 Å². The topological polar surface area (TPSA) is 110 Å². The van der Waals surface area contributed by atoms with E-state index in [-0.39, 0.29) is 24.6 Å². The van der Waals surface area contributed by atoms with Gasteiger partial charge in [-0.05, 0) is 48.0 Å². The van der Waals surface area contributed by atoms with Crippen LogP contribution in [0.25, 0.3) is 6.08 Å². The van der Waals surface area contributed by atoms with Gasteiger partial charge in [0.25, 0.3) is 0 Å². The van der Waals surface area contributed by atoms with E-state index in [9.17, 15) is 14.4 Å². The number of carboxylic acid groups (broad SMARTS) is 2. The highest BCUT2D eigenvalue weighted by molar-refractivity contribution is 6.07. The van der Waals surface area contributed by atoms with Crippen molar-refractivity contribution in [3.63, 3.8) is 0 Å². The Kier molecular flexibility index (Phi) is 7.88. The summed E-state index contributed by atoms with van der Waals surface area (Å²) in [6, 6.07) is 12.4. The number of hydrogen-bond donors (Lipinski definition) is 2. The first kappa shape index (κ1) is 21.6. The summed E-state index contributed by atoms with van der Waals surface area (Å²) in [6.45, 7) is 3.37. The highest BCUT2D eigenvalue weighted by Gasteiger charge is 2.18. The molecule has 29 heavy (non-hydrogen) atoms. The molecule has 0 saturated carbocycles. The molecular formula is C22H20O7. The van der Waals surface area contributed by atoms with Gasteiger partial charge in [-0.3, -0.25) is 4.79 Å². The van der Waals surface area contributed by atoms with Crippen LogP contribution in [0.2, 0.25) is 0 Å². The van der Waals surface area contributed by atoms with E-state index in [2.05, 4.69) is 6.58 Å². The molecule has 0 heterocycles. The summed E-state index contributed by atoms with van der Waals surface area (Å²) < 4.78 is 10.5. The number of allylic oxidation sites excluding steroid dienone is 1. The second-order valence-electron chi connectivity index (χ2n) is 5.91. The average molecular weight is 396 g/mol. The van der Waals surface area contributed by atoms with Gasteiger partial charge in [-0.1, -0.05) is 24.3 Å². The monoisotopic (exact) mass is 396 g/mol. The van der Waals surface area contributed by atoms with Crippen molar-refractivity contribution in [1.29, 1.82) is 0 Å². The van der Waals surface area contributed by atoms with Crippen molar-refractivity contribution in [2.75, 3.05) is 13.2 Å². The summed E-state index contributed by atoms with van der Waals surface area (Å²) in [5.74, 6) is -2.05. The Morgan fingerprint density at radius 2 is 1.76 bits per heavy atom. The largest absolute Gasteiger partial charge is 0.490 e. The number of aromatic carboxylic acids is 1. The molecule has 1 unspecified atom stereocenters. The molecule has 2 rings (SSSR count).